The normalized spacial score (nSPS) is 17.5. The lowest BCUT2D eigenvalue weighted by Gasteiger charge is -2.07. The first-order valence-electron chi connectivity index (χ1n) is 9.29. The van der Waals surface area contributed by atoms with Gasteiger partial charge in [-0.05, 0) is 49.0 Å². The molecule has 1 aliphatic rings. The molecule has 0 aliphatic heterocycles. The zero-order valence-electron chi connectivity index (χ0n) is 15.7. The summed E-state index contributed by atoms with van der Waals surface area (Å²) in [5.41, 5.74) is 15.8. The molecule has 28 heavy (non-hydrogen) atoms. The molecule has 0 unspecified atom stereocenters. The third-order valence-corrected chi connectivity index (χ3v) is 4.85. The third kappa shape index (κ3) is 4.62. The highest BCUT2D eigenvalue weighted by atomic mass is 16.1. The summed E-state index contributed by atoms with van der Waals surface area (Å²) in [5, 5.41) is 14.9. The highest BCUT2D eigenvalue weighted by Crippen LogP contribution is 2.27. The fraction of sp³-hybridized carbons (Fsp3) is 0.174. The second-order valence-electron chi connectivity index (χ2n) is 6.95. The van der Waals surface area contributed by atoms with Gasteiger partial charge < -0.3 is 11.5 Å². The maximum atomic E-state index is 13.1. The number of amidine groups is 2. The lowest BCUT2D eigenvalue weighted by molar-refractivity contribution is -0.112. The second-order valence-corrected chi connectivity index (χ2v) is 6.95. The predicted molar refractivity (Wildman–Crippen MR) is 114 cm³/mol. The number of carbonyl (C=O) groups is 1. The van der Waals surface area contributed by atoms with Crippen molar-refractivity contribution in [2.45, 2.75) is 25.7 Å². The molecule has 0 saturated heterocycles. The molecule has 0 amide bonds. The van der Waals surface area contributed by atoms with Crippen molar-refractivity contribution in [2.24, 2.45) is 11.5 Å². The Labute approximate surface area is 164 Å². The van der Waals surface area contributed by atoms with Crippen molar-refractivity contribution in [3.05, 3.63) is 81.9 Å². The van der Waals surface area contributed by atoms with Crippen molar-refractivity contribution in [3.8, 4) is 0 Å². The van der Waals surface area contributed by atoms with Crippen LogP contribution in [0, 0.1) is 10.8 Å². The van der Waals surface area contributed by atoms with Crippen LogP contribution in [0.3, 0.4) is 0 Å². The van der Waals surface area contributed by atoms with Crippen LogP contribution < -0.4 is 11.5 Å². The lowest BCUT2D eigenvalue weighted by Crippen LogP contribution is -2.10. The molecule has 2 aromatic carbocycles. The Hall–Kier alpha value is -3.47. The van der Waals surface area contributed by atoms with E-state index in [2.05, 4.69) is 0 Å². The van der Waals surface area contributed by atoms with Crippen LogP contribution in [-0.2, 0) is 4.79 Å². The van der Waals surface area contributed by atoms with Crippen LogP contribution in [0.2, 0.25) is 0 Å². The fourth-order valence-corrected chi connectivity index (χ4v) is 3.26. The minimum absolute atomic E-state index is 0.0331. The van der Waals surface area contributed by atoms with Gasteiger partial charge in [0.2, 0.25) is 0 Å². The molecule has 1 aliphatic carbocycles. The van der Waals surface area contributed by atoms with E-state index in [0.29, 0.717) is 11.1 Å². The van der Waals surface area contributed by atoms with Crippen LogP contribution in [-0.4, -0.2) is 17.5 Å². The molecule has 0 heterocycles. The number of ketones is 1. The fourth-order valence-electron chi connectivity index (χ4n) is 3.26. The van der Waals surface area contributed by atoms with Gasteiger partial charge in [-0.25, -0.2) is 0 Å². The van der Waals surface area contributed by atoms with Gasteiger partial charge in [-0.15, -0.1) is 0 Å². The van der Waals surface area contributed by atoms with Crippen molar-refractivity contribution >= 4 is 29.6 Å². The topological polar surface area (TPSA) is 117 Å². The minimum atomic E-state index is 0.0331. The van der Waals surface area contributed by atoms with Crippen LogP contribution in [0.1, 0.15) is 47.9 Å². The number of nitrogens with one attached hydrogen (secondary N) is 2. The zero-order chi connectivity index (χ0) is 20.1. The highest BCUT2D eigenvalue weighted by Gasteiger charge is 2.19. The number of allylic oxidation sites excluding steroid dienone is 2. The first-order chi connectivity index (χ1) is 13.4. The summed E-state index contributed by atoms with van der Waals surface area (Å²) in [4.78, 5) is 13.1. The summed E-state index contributed by atoms with van der Waals surface area (Å²) in [6, 6.07) is 14.7. The monoisotopic (exact) mass is 371 g/mol. The molecule has 1 saturated carbocycles. The first kappa shape index (κ1) is 19.3. The summed E-state index contributed by atoms with van der Waals surface area (Å²) in [7, 11) is 0. The average Bonchev–Trinajstić information content (AvgIpc) is 2.85. The molecular weight excluding hydrogens is 347 g/mol. The number of hydrogen-bond donors (Lipinski definition) is 4. The first-order valence-corrected chi connectivity index (χ1v) is 9.29. The zero-order valence-corrected chi connectivity index (χ0v) is 15.7. The SMILES string of the molecule is N=C(N)c1ccc(/C=C2/CCCC/C(=C/c3ccc([11C](=N)N)cc3)C2=O)cc1. The summed E-state index contributed by atoms with van der Waals surface area (Å²) < 4.78 is 0. The summed E-state index contributed by atoms with van der Waals surface area (Å²) in [6.07, 6.45) is 7.34. The van der Waals surface area contributed by atoms with Crippen LogP contribution in [0.25, 0.3) is 12.2 Å². The van der Waals surface area contributed by atoms with Gasteiger partial charge in [-0.2, -0.15) is 0 Å². The quantitative estimate of drug-likeness (QED) is 0.283. The molecule has 6 N–H and O–H groups in total. The van der Waals surface area contributed by atoms with E-state index in [0.717, 1.165) is 48.0 Å². The Morgan fingerprint density at radius 3 is 1.39 bits per heavy atom. The van der Waals surface area contributed by atoms with E-state index >= 15 is 0 Å². The van der Waals surface area contributed by atoms with E-state index in [1.54, 1.807) is 24.3 Å². The van der Waals surface area contributed by atoms with E-state index in [4.69, 9.17) is 22.3 Å². The van der Waals surface area contributed by atoms with Crippen LogP contribution in [0.5, 0.6) is 0 Å². The Kier molecular flexibility index (Phi) is 5.84. The number of Topliss-reactive ketones (excluding diaryl/α,β-unsaturated/α-hetero) is 1. The van der Waals surface area contributed by atoms with Crippen molar-refractivity contribution in [2.75, 3.05) is 0 Å². The molecular formula is C23H24N4O. The van der Waals surface area contributed by atoms with E-state index < -0.39 is 0 Å². The highest BCUT2D eigenvalue weighted by molar-refractivity contribution is 6.13. The van der Waals surface area contributed by atoms with Crippen LogP contribution >= 0.6 is 0 Å². The number of nitrogens with two attached hydrogens (primary N) is 2. The van der Waals surface area contributed by atoms with Gasteiger partial charge in [0, 0.05) is 22.3 Å². The maximum Gasteiger partial charge on any atom is 0.185 e. The molecule has 0 spiro atoms. The number of rotatable bonds is 4. The molecule has 1 fully saturated rings. The van der Waals surface area contributed by atoms with E-state index in [1.165, 1.54) is 0 Å². The second kappa shape index (κ2) is 8.48. The van der Waals surface area contributed by atoms with Crippen molar-refractivity contribution < 1.29 is 4.79 Å². The van der Waals surface area contributed by atoms with Crippen molar-refractivity contribution in [1.82, 2.24) is 0 Å². The number of hydrogen-bond acceptors (Lipinski definition) is 3. The Bertz CT molecular complexity index is 887. The maximum absolute atomic E-state index is 13.1. The molecule has 3 rings (SSSR count). The largest absolute Gasteiger partial charge is 0.384 e. The summed E-state index contributed by atoms with van der Waals surface area (Å²) >= 11 is 0. The lowest BCUT2D eigenvalue weighted by atomic mass is 9.88. The Balaban J connectivity index is 1.86. The predicted octanol–water partition coefficient (Wildman–Crippen LogP) is 3.86. The van der Waals surface area contributed by atoms with Gasteiger partial charge >= 0.3 is 0 Å². The smallest absolute Gasteiger partial charge is 0.185 e. The van der Waals surface area contributed by atoms with E-state index in [9.17, 15) is 4.79 Å². The van der Waals surface area contributed by atoms with Gasteiger partial charge in [0.1, 0.15) is 11.7 Å². The van der Waals surface area contributed by atoms with Crippen molar-refractivity contribution in [3.63, 3.8) is 0 Å². The number of carbonyl (C=O) groups excluding carboxylic acids is 1. The van der Waals surface area contributed by atoms with Crippen LogP contribution in [0.15, 0.2) is 59.7 Å². The van der Waals surface area contributed by atoms with E-state index in [1.807, 2.05) is 36.4 Å². The van der Waals surface area contributed by atoms with Gasteiger partial charge in [0.15, 0.2) is 5.78 Å². The number of benzene rings is 2. The summed E-state index contributed by atoms with van der Waals surface area (Å²) in [6.45, 7) is 0. The number of nitrogen functional groups attached to an aromatic ring is 2. The van der Waals surface area contributed by atoms with Gasteiger partial charge in [0.25, 0.3) is 0 Å². The van der Waals surface area contributed by atoms with Gasteiger partial charge in [0.05, 0.1) is 0 Å². The molecule has 5 heteroatoms. The standard InChI is InChI=1S/C23H24N4O/c24-22(25)17-9-5-15(6-10-17)13-19-3-1-2-4-20(21(19)28)14-16-7-11-18(12-8-16)23(26)27/h5-14H,1-4H2,(H3,24,25)(H3,26,27)/b19-13-,20-14-/i22-1. The van der Waals surface area contributed by atoms with Gasteiger partial charge in [-0.1, -0.05) is 48.5 Å². The van der Waals surface area contributed by atoms with Crippen molar-refractivity contribution in [1.29, 1.82) is 10.8 Å². The Morgan fingerprint density at radius 2 is 1.07 bits per heavy atom. The molecule has 0 radical (unpaired) electrons. The Morgan fingerprint density at radius 1 is 0.714 bits per heavy atom. The third-order valence-electron chi connectivity index (χ3n) is 4.85. The average molecular weight is 371 g/mol. The molecule has 142 valence electrons. The molecule has 2 aromatic rings. The summed E-state index contributed by atoms with van der Waals surface area (Å²) in [5.74, 6) is 0.153. The molecule has 0 bridgehead atoms. The molecule has 0 aromatic heterocycles. The van der Waals surface area contributed by atoms with Gasteiger partial charge in [-0.3, -0.25) is 15.6 Å². The molecule has 5 nitrogen and oxygen atoms in total. The van der Waals surface area contributed by atoms with Crippen LogP contribution in [0.4, 0.5) is 0 Å². The minimum Gasteiger partial charge on any atom is -0.384 e. The molecule has 0 atom stereocenters. The van der Waals surface area contributed by atoms with E-state index in [-0.39, 0.29) is 17.5 Å².